The van der Waals surface area contributed by atoms with Crippen LogP contribution in [0.15, 0.2) is 18.3 Å². The van der Waals surface area contributed by atoms with E-state index in [9.17, 15) is 4.79 Å². The summed E-state index contributed by atoms with van der Waals surface area (Å²) in [6, 6.07) is 4.02. The Bertz CT molecular complexity index is 408. The highest BCUT2D eigenvalue weighted by molar-refractivity contribution is 5.67. The van der Waals surface area contributed by atoms with Gasteiger partial charge in [-0.05, 0) is 19.1 Å². The zero-order valence-electron chi connectivity index (χ0n) is 9.89. The van der Waals surface area contributed by atoms with E-state index in [0.717, 1.165) is 31.0 Å². The van der Waals surface area contributed by atoms with E-state index in [-0.39, 0.29) is 12.5 Å². The van der Waals surface area contributed by atoms with Gasteiger partial charge in [-0.15, -0.1) is 0 Å². The SMILES string of the molecule is Cc1cc(N2CCNC(CC(=O)O)C2)ccn1. The Morgan fingerprint density at radius 1 is 1.71 bits per heavy atom. The molecule has 1 unspecified atom stereocenters. The van der Waals surface area contributed by atoms with E-state index in [2.05, 4.69) is 15.2 Å². The van der Waals surface area contributed by atoms with E-state index in [4.69, 9.17) is 5.11 Å². The van der Waals surface area contributed by atoms with Gasteiger partial charge in [0.15, 0.2) is 0 Å². The largest absolute Gasteiger partial charge is 0.481 e. The van der Waals surface area contributed by atoms with Crippen molar-refractivity contribution in [2.45, 2.75) is 19.4 Å². The molecule has 0 aliphatic carbocycles. The molecule has 0 aromatic carbocycles. The Morgan fingerprint density at radius 2 is 2.53 bits per heavy atom. The Balaban J connectivity index is 2.04. The molecule has 1 aliphatic heterocycles. The third-order valence-electron chi connectivity index (χ3n) is 2.92. The molecule has 2 rings (SSSR count). The smallest absolute Gasteiger partial charge is 0.304 e. The highest BCUT2D eigenvalue weighted by Crippen LogP contribution is 2.16. The second kappa shape index (κ2) is 5.14. The van der Waals surface area contributed by atoms with Crippen LogP contribution in [0.3, 0.4) is 0 Å². The van der Waals surface area contributed by atoms with Crippen LogP contribution < -0.4 is 10.2 Å². The Morgan fingerprint density at radius 3 is 3.24 bits per heavy atom. The molecule has 2 heterocycles. The molecule has 1 saturated heterocycles. The van der Waals surface area contributed by atoms with Gasteiger partial charge in [0, 0.05) is 43.3 Å². The average molecular weight is 235 g/mol. The predicted molar refractivity (Wildman–Crippen MR) is 65.2 cm³/mol. The number of nitrogens with one attached hydrogen (secondary N) is 1. The molecule has 92 valence electrons. The number of carboxylic acid groups (broad SMARTS) is 1. The van der Waals surface area contributed by atoms with Crippen molar-refractivity contribution in [1.82, 2.24) is 10.3 Å². The number of carboxylic acids is 1. The van der Waals surface area contributed by atoms with E-state index < -0.39 is 5.97 Å². The Hall–Kier alpha value is -1.62. The molecule has 1 aliphatic rings. The molecule has 0 amide bonds. The second-order valence-corrected chi connectivity index (χ2v) is 4.35. The second-order valence-electron chi connectivity index (χ2n) is 4.35. The first-order valence-corrected chi connectivity index (χ1v) is 5.78. The Labute approximate surface area is 100 Å². The van der Waals surface area contributed by atoms with Crippen LogP contribution in [0.1, 0.15) is 12.1 Å². The average Bonchev–Trinajstić information content (AvgIpc) is 2.28. The third-order valence-corrected chi connectivity index (χ3v) is 2.92. The highest BCUT2D eigenvalue weighted by Gasteiger charge is 2.21. The number of piperazine rings is 1. The summed E-state index contributed by atoms with van der Waals surface area (Å²) in [7, 11) is 0. The molecule has 1 aromatic rings. The quantitative estimate of drug-likeness (QED) is 0.805. The van der Waals surface area contributed by atoms with Crippen LogP contribution in [-0.4, -0.2) is 41.7 Å². The minimum Gasteiger partial charge on any atom is -0.481 e. The number of aromatic nitrogens is 1. The minimum absolute atomic E-state index is 0.0229. The normalized spacial score (nSPS) is 20.3. The fourth-order valence-electron chi connectivity index (χ4n) is 2.13. The molecular weight excluding hydrogens is 218 g/mol. The van der Waals surface area contributed by atoms with Gasteiger partial charge < -0.3 is 15.3 Å². The summed E-state index contributed by atoms with van der Waals surface area (Å²) >= 11 is 0. The maximum absolute atomic E-state index is 10.7. The van der Waals surface area contributed by atoms with Crippen LogP contribution in [0.25, 0.3) is 0 Å². The molecule has 0 radical (unpaired) electrons. The molecule has 1 fully saturated rings. The number of aliphatic carboxylic acids is 1. The van der Waals surface area contributed by atoms with Crippen molar-refractivity contribution in [2.75, 3.05) is 24.5 Å². The van der Waals surface area contributed by atoms with Crippen LogP contribution in [0.5, 0.6) is 0 Å². The van der Waals surface area contributed by atoms with Gasteiger partial charge in [0.1, 0.15) is 0 Å². The first kappa shape index (κ1) is 11.9. The number of anilines is 1. The maximum atomic E-state index is 10.7. The molecule has 2 N–H and O–H groups in total. The molecule has 1 atom stereocenters. The molecule has 17 heavy (non-hydrogen) atoms. The lowest BCUT2D eigenvalue weighted by Gasteiger charge is -2.34. The molecule has 0 bridgehead atoms. The summed E-state index contributed by atoms with van der Waals surface area (Å²) in [5.74, 6) is -0.754. The van der Waals surface area contributed by atoms with Gasteiger partial charge >= 0.3 is 5.97 Å². The number of aryl methyl sites for hydroxylation is 1. The van der Waals surface area contributed by atoms with Gasteiger partial charge in [-0.25, -0.2) is 0 Å². The number of hydrogen-bond donors (Lipinski definition) is 2. The van der Waals surface area contributed by atoms with Gasteiger partial charge in [-0.1, -0.05) is 0 Å². The zero-order chi connectivity index (χ0) is 12.3. The number of nitrogens with zero attached hydrogens (tertiary/aromatic N) is 2. The number of carbonyl (C=O) groups is 1. The molecule has 5 nitrogen and oxygen atoms in total. The van der Waals surface area contributed by atoms with Crippen LogP contribution in [0, 0.1) is 6.92 Å². The van der Waals surface area contributed by atoms with Gasteiger partial charge in [0.2, 0.25) is 0 Å². The van der Waals surface area contributed by atoms with Crippen molar-refractivity contribution >= 4 is 11.7 Å². The van der Waals surface area contributed by atoms with Crippen molar-refractivity contribution in [1.29, 1.82) is 0 Å². The standard InChI is InChI=1S/C12H17N3O2/c1-9-6-11(2-3-13-9)15-5-4-14-10(8-15)7-12(16)17/h2-3,6,10,14H,4-5,7-8H2,1H3,(H,16,17). The third kappa shape index (κ3) is 3.17. The molecule has 0 spiro atoms. The van der Waals surface area contributed by atoms with Crippen molar-refractivity contribution in [3.05, 3.63) is 24.0 Å². The lowest BCUT2D eigenvalue weighted by molar-refractivity contribution is -0.137. The molecule has 1 aromatic heterocycles. The summed E-state index contributed by atoms with van der Waals surface area (Å²) in [6.45, 7) is 4.41. The van der Waals surface area contributed by atoms with Gasteiger partial charge in [0.05, 0.1) is 6.42 Å². The van der Waals surface area contributed by atoms with Gasteiger partial charge in [0.25, 0.3) is 0 Å². The topological polar surface area (TPSA) is 65.5 Å². The van der Waals surface area contributed by atoms with Crippen molar-refractivity contribution < 1.29 is 9.90 Å². The summed E-state index contributed by atoms with van der Waals surface area (Å²) < 4.78 is 0. The van der Waals surface area contributed by atoms with Gasteiger partial charge in [-0.2, -0.15) is 0 Å². The number of pyridine rings is 1. The molecular formula is C12H17N3O2. The van der Waals surface area contributed by atoms with E-state index in [1.165, 1.54) is 0 Å². The van der Waals surface area contributed by atoms with E-state index in [0.29, 0.717) is 0 Å². The minimum atomic E-state index is -0.754. The first-order valence-electron chi connectivity index (χ1n) is 5.78. The van der Waals surface area contributed by atoms with Crippen molar-refractivity contribution in [3.63, 3.8) is 0 Å². The van der Waals surface area contributed by atoms with Crippen LogP contribution >= 0.6 is 0 Å². The highest BCUT2D eigenvalue weighted by atomic mass is 16.4. The summed E-state index contributed by atoms with van der Waals surface area (Å²) in [4.78, 5) is 17.1. The molecule has 0 saturated carbocycles. The van der Waals surface area contributed by atoms with E-state index in [1.807, 2.05) is 19.1 Å². The molecule has 5 heteroatoms. The predicted octanol–water partition coefficient (Wildman–Crippen LogP) is 0.643. The first-order chi connectivity index (χ1) is 8.15. The zero-order valence-corrected chi connectivity index (χ0v) is 9.89. The van der Waals surface area contributed by atoms with Crippen molar-refractivity contribution in [3.8, 4) is 0 Å². The summed E-state index contributed by atoms with van der Waals surface area (Å²) in [6.07, 6.45) is 1.96. The van der Waals surface area contributed by atoms with Crippen LogP contribution in [0.2, 0.25) is 0 Å². The summed E-state index contributed by atoms with van der Waals surface area (Å²) in [5.41, 5.74) is 2.10. The van der Waals surface area contributed by atoms with Gasteiger partial charge in [-0.3, -0.25) is 9.78 Å². The monoisotopic (exact) mass is 235 g/mol. The van der Waals surface area contributed by atoms with E-state index in [1.54, 1.807) is 6.20 Å². The van der Waals surface area contributed by atoms with Crippen LogP contribution in [-0.2, 0) is 4.79 Å². The van der Waals surface area contributed by atoms with Crippen LogP contribution in [0.4, 0.5) is 5.69 Å². The summed E-state index contributed by atoms with van der Waals surface area (Å²) in [5, 5.41) is 12.0. The number of hydrogen-bond acceptors (Lipinski definition) is 4. The lowest BCUT2D eigenvalue weighted by Crippen LogP contribution is -2.51. The lowest BCUT2D eigenvalue weighted by atomic mass is 10.1. The Kier molecular flexibility index (Phi) is 3.58. The fourth-order valence-corrected chi connectivity index (χ4v) is 2.13. The van der Waals surface area contributed by atoms with E-state index >= 15 is 0 Å². The fraction of sp³-hybridized carbons (Fsp3) is 0.500. The van der Waals surface area contributed by atoms with Crippen molar-refractivity contribution in [2.24, 2.45) is 0 Å². The number of rotatable bonds is 3. The maximum Gasteiger partial charge on any atom is 0.304 e.